The van der Waals surface area contributed by atoms with Gasteiger partial charge in [0.15, 0.2) is 13.2 Å². The zero-order valence-electron chi connectivity index (χ0n) is 13.2. The minimum atomic E-state index is -0.600. The molecule has 0 aromatic heterocycles. The lowest BCUT2D eigenvalue weighted by Gasteiger charge is -2.14. The fraction of sp³-hybridized carbons (Fsp3) is 0.222. The predicted molar refractivity (Wildman–Crippen MR) is 93.6 cm³/mol. The van der Waals surface area contributed by atoms with Crippen LogP contribution in [0.2, 0.25) is 0 Å². The molecule has 0 heterocycles. The standard InChI is InChI=1S/C18H18BrNO4/c1-13(14-6-3-2-4-7-14)20-17(21)11-24-18(22)12-23-16-9-5-8-15(19)10-16/h2-10,13H,11-12H2,1H3,(H,20,21)/t13-/m1/s1. The largest absolute Gasteiger partial charge is 0.482 e. The van der Waals surface area contributed by atoms with Crippen molar-refractivity contribution in [2.45, 2.75) is 13.0 Å². The topological polar surface area (TPSA) is 64.6 Å². The molecule has 0 bridgehead atoms. The molecule has 6 heteroatoms. The van der Waals surface area contributed by atoms with Gasteiger partial charge in [-0.15, -0.1) is 0 Å². The molecule has 1 atom stereocenters. The second-order valence-corrected chi connectivity index (χ2v) is 6.02. The number of hydrogen-bond donors (Lipinski definition) is 1. The quantitative estimate of drug-likeness (QED) is 0.735. The van der Waals surface area contributed by atoms with E-state index in [-0.39, 0.29) is 25.2 Å². The number of ether oxygens (including phenoxy) is 2. The summed E-state index contributed by atoms with van der Waals surface area (Å²) in [6, 6.07) is 16.5. The SMILES string of the molecule is C[C@@H](NC(=O)COC(=O)COc1cccc(Br)c1)c1ccccc1. The zero-order chi connectivity index (χ0) is 17.4. The van der Waals surface area contributed by atoms with Crippen LogP contribution < -0.4 is 10.1 Å². The van der Waals surface area contributed by atoms with Crippen molar-refractivity contribution in [2.75, 3.05) is 13.2 Å². The van der Waals surface area contributed by atoms with Crippen molar-refractivity contribution in [2.24, 2.45) is 0 Å². The fourth-order valence-corrected chi connectivity index (χ4v) is 2.37. The summed E-state index contributed by atoms with van der Waals surface area (Å²) >= 11 is 3.31. The van der Waals surface area contributed by atoms with E-state index >= 15 is 0 Å². The molecule has 0 aliphatic rings. The first kappa shape index (κ1) is 18.0. The Bertz CT molecular complexity index is 690. The van der Waals surface area contributed by atoms with Crippen LogP contribution in [-0.4, -0.2) is 25.1 Å². The van der Waals surface area contributed by atoms with Crippen molar-refractivity contribution in [3.8, 4) is 5.75 Å². The van der Waals surface area contributed by atoms with E-state index in [1.165, 1.54) is 0 Å². The van der Waals surface area contributed by atoms with Gasteiger partial charge in [-0.1, -0.05) is 52.3 Å². The third-order valence-corrected chi connectivity index (χ3v) is 3.69. The molecule has 0 spiro atoms. The molecule has 0 saturated heterocycles. The lowest BCUT2D eigenvalue weighted by atomic mass is 10.1. The van der Waals surface area contributed by atoms with Gasteiger partial charge in [0.1, 0.15) is 5.75 Å². The van der Waals surface area contributed by atoms with Gasteiger partial charge in [0.25, 0.3) is 5.91 Å². The molecule has 1 amide bonds. The van der Waals surface area contributed by atoms with Gasteiger partial charge in [-0.05, 0) is 30.7 Å². The van der Waals surface area contributed by atoms with Gasteiger partial charge in [-0.3, -0.25) is 4.79 Å². The number of amides is 1. The van der Waals surface area contributed by atoms with E-state index in [0.29, 0.717) is 5.75 Å². The average molecular weight is 392 g/mol. The normalized spacial score (nSPS) is 11.4. The van der Waals surface area contributed by atoms with Crippen molar-refractivity contribution in [1.82, 2.24) is 5.32 Å². The summed E-state index contributed by atoms with van der Waals surface area (Å²) in [6.45, 7) is 1.28. The van der Waals surface area contributed by atoms with E-state index in [1.54, 1.807) is 18.2 Å². The van der Waals surface area contributed by atoms with Crippen LogP contribution in [0.3, 0.4) is 0 Å². The Kier molecular flexibility index (Phi) is 6.81. The molecule has 2 rings (SSSR count). The Balaban J connectivity index is 1.70. The Morgan fingerprint density at radius 3 is 2.54 bits per heavy atom. The van der Waals surface area contributed by atoms with Crippen molar-refractivity contribution in [3.63, 3.8) is 0 Å². The van der Waals surface area contributed by atoms with Crippen LogP contribution in [0.1, 0.15) is 18.5 Å². The molecule has 1 N–H and O–H groups in total. The second kappa shape index (κ2) is 9.08. The summed E-state index contributed by atoms with van der Waals surface area (Å²) in [6.07, 6.45) is 0. The number of benzene rings is 2. The second-order valence-electron chi connectivity index (χ2n) is 5.11. The van der Waals surface area contributed by atoms with Crippen LogP contribution in [0, 0.1) is 0 Å². The first-order valence-corrected chi connectivity index (χ1v) is 8.22. The van der Waals surface area contributed by atoms with Gasteiger partial charge in [-0.2, -0.15) is 0 Å². The highest BCUT2D eigenvalue weighted by Crippen LogP contribution is 2.17. The molecule has 2 aromatic carbocycles. The van der Waals surface area contributed by atoms with Gasteiger partial charge in [-0.25, -0.2) is 4.79 Å². The fourth-order valence-electron chi connectivity index (χ4n) is 1.99. The number of esters is 1. The molecule has 0 fully saturated rings. The summed E-state index contributed by atoms with van der Waals surface area (Å²) in [5.74, 6) is -0.414. The van der Waals surface area contributed by atoms with Crippen molar-refractivity contribution in [3.05, 3.63) is 64.6 Å². The molecule has 5 nitrogen and oxygen atoms in total. The molecule has 2 aromatic rings. The number of rotatable bonds is 7. The minimum Gasteiger partial charge on any atom is -0.482 e. The van der Waals surface area contributed by atoms with E-state index in [9.17, 15) is 9.59 Å². The van der Waals surface area contributed by atoms with E-state index in [4.69, 9.17) is 9.47 Å². The average Bonchev–Trinajstić information content (AvgIpc) is 2.59. The summed E-state index contributed by atoms with van der Waals surface area (Å²) in [5.41, 5.74) is 0.982. The van der Waals surface area contributed by atoms with Crippen molar-refractivity contribution >= 4 is 27.8 Å². The van der Waals surface area contributed by atoms with Gasteiger partial charge in [0.05, 0.1) is 6.04 Å². The van der Waals surface area contributed by atoms with E-state index in [2.05, 4.69) is 21.2 Å². The minimum absolute atomic E-state index is 0.157. The molecular weight excluding hydrogens is 374 g/mol. The molecular formula is C18H18BrNO4. The van der Waals surface area contributed by atoms with E-state index in [1.807, 2.05) is 43.3 Å². The summed E-state index contributed by atoms with van der Waals surface area (Å²) in [4.78, 5) is 23.4. The van der Waals surface area contributed by atoms with Gasteiger partial charge < -0.3 is 14.8 Å². The zero-order valence-corrected chi connectivity index (χ0v) is 14.8. The number of nitrogens with one attached hydrogen (secondary N) is 1. The van der Waals surface area contributed by atoms with E-state index < -0.39 is 5.97 Å². The summed E-state index contributed by atoms with van der Waals surface area (Å²) in [7, 11) is 0. The molecule has 0 aliphatic carbocycles. The Labute approximate surface area is 149 Å². The lowest BCUT2D eigenvalue weighted by molar-refractivity contribution is -0.150. The van der Waals surface area contributed by atoms with Crippen LogP contribution in [0.15, 0.2) is 59.1 Å². The number of hydrogen-bond acceptors (Lipinski definition) is 4. The van der Waals surface area contributed by atoms with Gasteiger partial charge >= 0.3 is 5.97 Å². The summed E-state index contributed by atoms with van der Waals surface area (Å²) < 4.78 is 11.0. The van der Waals surface area contributed by atoms with E-state index in [0.717, 1.165) is 10.0 Å². The van der Waals surface area contributed by atoms with Crippen LogP contribution in [0.5, 0.6) is 5.75 Å². The van der Waals surface area contributed by atoms with Crippen molar-refractivity contribution in [1.29, 1.82) is 0 Å². The van der Waals surface area contributed by atoms with Crippen LogP contribution in [-0.2, 0) is 14.3 Å². The highest BCUT2D eigenvalue weighted by Gasteiger charge is 2.12. The molecule has 0 aliphatic heterocycles. The number of halogens is 1. The third-order valence-electron chi connectivity index (χ3n) is 3.19. The highest BCUT2D eigenvalue weighted by atomic mass is 79.9. The predicted octanol–water partition coefficient (Wildman–Crippen LogP) is 3.25. The molecule has 24 heavy (non-hydrogen) atoms. The summed E-state index contributed by atoms with van der Waals surface area (Å²) in [5, 5.41) is 2.77. The Morgan fingerprint density at radius 2 is 1.83 bits per heavy atom. The molecule has 0 unspecified atom stereocenters. The highest BCUT2D eigenvalue weighted by molar-refractivity contribution is 9.10. The number of carbonyl (C=O) groups excluding carboxylic acids is 2. The molecule has 0 saturated carbocycles. The number of carbonyl (C=O) groups is 2. The smallest absolute Gasteiger partial charge is 0.344 e. The first-order valence-electron chi connectivity index (χ1n) is 7.43. The maximum atomic E-state index is 11.8. The van der Waals surface area contributed by atoms with Crippen LogP contribution in [0.25, 0.3) is 0 Å². The Morgan fingerprint density at radius 1 is 1.08 bits per heavy atom. The van der Waals surface area contributed by atoms with Crippen LogP contribution in [0.4, 0.5) is 0 Å². The van der Waals surface area contributed by atoms with Crippen LogP contribution >= 0.6 is 15.9 Å². The monoisotopic (exact) mass is 391 g/mol. The van der Waals surface area contributed by atoms with Crippen molar-refractivity contribution < 1.29 is 19.1 Å². The first-order chi connectivity index (χ1) is 11.5. The van der Waals surface area contributed by atoms with Gasteiger partial charge in [0, 0.05) is 4.47 Å². The Hall–Kier alpha value is -2.34. The maximum Gasteiger partial charge on any atom is 0.344 e. The maximum absolute atomic E-state index is 11.8. The third kappa shape index (κ3) is 6.04. The lowest BCUT2D eigenvalue weighted by Crippen LogP contribution is -2.31. The molecule has 0 radical (unpaired) electrons. The van der Waals surface area contributed by atoms with Gasteiger partial charge in [0.2, 0.25) is 0 Å². The molecule has 126 valence electrons.